The van der Waals surface area contributed by atoms with Gasteiger partial charge in [-0.1, -0.05) is 18.2 Å². The Kier molecular flexibility index (Phi) is 3.61. The fourth-order valence-electron chi connectivity index (χ4n) is 1.71. The number of ether oxygens (including phenoxy) is 1. The minimum atomic E-state index is -1.09. The number of hydrogen-bond acceptors (Lipinski definition) is 5. The summed E-state index contributed by atoms with van der Waals surface area (Å²) in [5.41, 5.74) is 6.15. The largest absolute Gasteiger partial charge is 0.487 e. The Morgan fingerprint density at radius 2 is 2.00 bits per heavy atom. The first-order valence-electron chi connectivity index (χ1n) is 5.62. The number of aryl methyl sites for hydroxylation is 1. The lowest BCUT2D eigenvalue weighted by Crippen LogP contribution is -2.14. The molecule has 0 radical (unpaired) electrons. The van der Waals surface area contributed by atoms with Crippen LogP contribution in [0.15, 0.2) is 30.3 Å². The molecule has 0 aliphatic carbocycles. The highest BCUT2D eigenvalue weighted by atomic mass is 16.5. The van der Waals surface area contributed by atoms with E-state index < -0.39 is 5.97 Å². The van der Waals surface area contributed by atoms with Crippen molar-refractivity contribution in [2.24, 2.45) is 0 Å². The van der Waals surface area contributed by atoms with Crippen molar-refractivity contribution in [1.82, 2.24) is 9.97 Å². The second kappa shape index (κ2) is 5.34. The zero-order chi connectivity index (χ0) is 13.8. The maximum absolute atomic E-state index is 11.2. The molecule has 2 aromatic rings. The second-order valence-electron chi connectivity index (χ2n) is 3.90. The molecule has 0 fully saturated rings. The van der Waals surface area contributed by atoms with Crippen molar-refractivity contribution in [3.05, 3.63) is 47.3 Å². The van der Waals surface area contributed by atoms with E-state index in [0.29, 0.717) is 11.4 Å². The first kappa shape index (κ1) is 12.8. The van der Waals surface area contributed by atoms with Crippen molar-refractivity contribution < 1.29 is 14.6 Å². The van der Waals surface area contributed by atoms with E-state index in [9.17, 15) is 4.79 Å². The smallest absolute Gasteiger partial charge is 0.339 e. The van der Waals surface area contributed by atoms with Gasteiger partial charge in [0.2, 0.25) is 5.95 Å². The molecule has 6 heteroatoms. The number of carboxylic acids is 1. The molecule has 6 nitrogen and oxygen atoms in total. The Balaban J connectivity index is 2.27. The molecule has 19 heavy (non-hydrogen) atoms. The van der Waals surface area contributed by atoms with Gasteiger partial charge in [-0.15, -0.1) is 0 Å². The lowest BCUT2D eigenvalue weighted by Gasteiger charge is -2.10. The van der Waals surface area contributed by atoms with Crippen LogP contribution in [0.4, 0.5) is 5.95 Å². The average molecular weight is 259 g/mol. The second-order valence-corrected chi connectivity index (χ2v) is 3.90. The van der Waals surface area contributed by atoms with Crippen LogP contribution in [0.5, 0.6) is 5.75 Å². The highest BCUT2D eigenvalue weighted by Gasteiger charge is 2.17. The van der Waals surface area contributed by atoms with E-state index in [0.717, 1.165) is 0 Å². The number of aromatic carboxylic acids is 1. The predicted molar refractivity (Wildman–Crippen MR) is 68.9 cm³/mol. The predicted octanol–water partition coefficient (Wildman–Crippen LogP) is 1.64. The minimum absolute atomic E-state index is 0.0270. The number of carboxylic acid groups (broad SMARTS) is 1. The summed E-state index contributed by atoms with van der Waals surface area (Å²) in [5.74, 6) is -0.424. The summed E-state index contributed by atoms with van der Waals surface area (Å²) in [6.07, 6.45) is 0. The van der Waals surface area contributed by atoms with Crippen LogP contribution < -0.4 is 10.5 Å². The number of rotatable bonds is 4. The first-order chi connectivity index (χ1) is 9.08. The van der Waals surface area contributed by atoms with E-state index >= 15 is 0 Å². The topological polar surface area (TPSA) is 98.3 Å². The number of carbonyl (C=O) groups is 1. The molecular formula is C13H13N3O3. The maximum Gasteiger partial charge on any atom is 0.339 e. The molecule has 2 rings (SSSR count). The van der Waals surface area contributed by atoms with Crippen LogP contribution in [0.1, 0.15) is 21.7 Å². The van der Waals surface area contributed by atoms with E-state index in [-0.39, 0.29) is 23.8 Å². The van der Waals surface area contributed by atoms with Crippen LogP contribution in [0.2, 0.25) is 0 Å². The molecule has 0 unspecified atom stereocenters. The number of aromatic nitrogens is 2. The molecule has 0 aliphatic heterocycles. The molecule has 0 saturated carbocycles. The van der Waals surface area contributed by atoms with E-state index in [4.69, 9.17) is 15.6 Å². The lowest BCUT2D eigenvalue weighted by molar-refractivity contribution is 0.0691. The Hall–Kier alpha value is -2.63. The lowest BCUT2D eigenvalue weighted by atomic mass is 10.1. The van der Waals surface area contributed by atoms with Crippen LogP contribution in [0.3, 0.4) is 0 Å². The molecular weight excluding hydrogens is 246 g/mol. The summed E-state index contributed by atoms with van der Waals surface area (Å²) >= 11 is 0. The number of anilines is 1. The third kappa shape index (κ3) is 2.98. The quantitative estimate of drug-likeness (QED) is 0.866. The zero-order valence-electron chi connectivity index (χ0n) is 10.3. The number of para-hydroxylation sites is 1. The van der Waals surface area contributed by atoms with Crippen LogP contribution in [0.25, 0.3) is 0 Å². The van der Waals surface area contributed by atoms with Crippen LogP contribution in [-0.4, -0.2) is 21.0 Å². The molecule has 0 bridgehead atoms. The fourth-order valence-corrected chi connectivity index (χ4v) is 1.71. The molecule has 1 aromatic heterocycles. The standard InChI is InChI=1S/C13H13N3O3/c1-8-11(12(17)18)10(16-13(14)15-8)7-19-9-5-3-2-4-6-9/h2-6H,7H2,1H3,(H,17,18)(H2,14,15,16). The number of nitrogens with two attached hydrogens (primary N) is 1. The molecule has 98 valence electrons. The van der Waals surface area contributed by atoms with Crippen molar-refractivity contribution in [1.29, 1.82) is 0 Å². The molecule has 0 saturated heterocycles. The summed E-state index contributed by atoms with van der Waals surface area (Å²) in [7, 11) is 0. The molecule has 0 spiro atoms. The van der Waals surface area contributed by atoms with Gasteiger partial charge in [-0.3, -0.25) is 0 Å². The summed E-state index contributed by atoms with van der Waals surface area (Å²) in [5, 5.41) is 9.16. The molecule has 1 aromatic carbocycles. The molecule has 0 aliphatic rings. The van der Waals surface area contributed by atoms with E-state index in [1.54, 1.807) is 19.1 Å². The summed E-state index contributed by atoms with van der Waals surface area (Å²) in [6, 6.07) is 9.07. The van der Waals surface area contributed by atoms with Crippen LogP contribution in [-0.2, 0) is 6.61 Å². The van der Waals surface area contributed by atoms with Gasteiger partial charge in [-0.05, 0) is 19.1 Å². The van der Waals surface area contributed by atoms with Gasteiger partial charge in [0, 0.05) is 0 Å². The van der Waals surface area contributed by atoms with Crippen molar-refractivity contribution in [3.8, 4) is 5.75 Å². The molecule has 0 amide bonds. The van der Waals surface area contributed by atoms with Gasteiger partial charge in [0.25, 0.3) is 0 Å². The van der Waals surface area contributed by atoms with Crippen LogP contribution in [0, 0.1) is 6.92 Å². The number of nitrogens with zero attached hydrogens (tertiary/aromatic N) is 2. The monoisotopic (exact) mass is 259 g/mol. The van der Waals surface area contributed by atoms with Gasteiger partial charge in [-0.2, -0.15) is 0 Å². The minimum Gasteiger partial charge on any atom is -0.487 e. The average Bonchev–Trinajstić information content (AvgIpc) is 2.36. The first-order valence-corrected chi connectivity index (χ1v) is 5.62. The Labute approximate surface area is 109 Å². The molecule has 3 N–H and O–H groups in total. The van der Waals surface area contributed by atoms with E-state index in [1.165, 1.54) is 0 Å². The maximum atomic E-state index is 11.2. The summed E-state index contributed by atoms with van der Waals surface area (Å²) in [6.45, 7) is 1.60. The van der Waals surface area contributed by atoms with Gasteiger partial charge in [0.1, 0.15) is 17.9 Å². The van der Waals surface area contributed by atoms with Gasteiger partial charge in [0.05, 0.1) is 11.4 Å². The van der Waals surface area contributed by atoms with E-state index in [2.05, 4.69) is 9.97 Å². The van der Waals surface area contributed by atoms with Gasteiger partial charge in [0.15, 0.2) is 0 Å². The Bertz CT molecular complexity index is 600. The summed E-state index contributed by atoms with van der Waals surface area (Å²) < 4.78 is 5.48. The van der Waals surface area contributed by atoms with Crippen molar-refractivity contribution in [2.75, 3.05) is 5.73 Å². The zero-order valence-corrected chi connectivity index (χ0v) is 10.3. The third-order valence-electron chi connectivity index (χ3n) is 2.51. The van der Waals surface area contributed by atoms with Gasteiger partial charge in [-0.25, -0.2) is 14.8 Å². The normalized spacial score (nSPS) is 10.2. The van der Waals surface area contributed by atoms with Crippen LogP contribution >= 0.6 is 0 Å². The SMILES string of the molecule is Cc1nc(N)nc(COc2ccccc2)c1C(=O)O. The van der Waals surface area contributed by atoms with Gasteiger partial charge < -0.3 is 15.6 Å². The third-order valence-corrected chi connectivity index (χ3v) is 2.51. The highest BCUT2D eigenvalue weighted by molar-refractivity contribution is 5.90. The van der Waals surface area contributed by atoms with Crippen molar-refractivity contribution >= 4 is 11.9 Å². The van der Waals surface area contributed by atoms with E-state index in [1.807, 2.05) is 18.2 Å². The van der Waals surface area contributed by atoms with Crippen molar-refractivity contribution in [2.45, 2.75) is 13.5 Å². The Morgan fingerprint density at radius 1 is 1.32 bits per heavy atom. The Morgan fingerprint density at radius 3 is 2.63 bits per heavy atom. The molecule has 0 atom stereocenters. The number of hydrogen-bond donors (Lipinski definition) is 2. The van der Waals surface area contributed by atoms with Crippen molar-refractivity contribution in [3.63, 3.8) is 0 Å². The highest BCUT2D eigenvalue weighted by Crippen LogP contribution is 2.16. The number of nitrogen functional groups attached to an aromatic ring is 1. The van der Waals surface area contributed by atoms with Gasteiger partial charge >= 0.3 is 5.97 Å². The summed E-state index contributed by atoms with van der Waals surface area (Å²) in [4.78, 5) is 19.0. The molecule has 1 heterocycles. The number of benzene rings is 1. The fraction of sp³-hybridized carbons (Fsp3) is 0.154.